The number of nitrogens with one attached hydrogen (secondary N) is 2. The fraction of sp³-hybridized carbons (Fsp3) is 0.304. The van der Waals surface area contributed by atoms with Gasteiger partial charge in [-0.1, -0.05) is 18.9 Å². The van der Waals surface area contributed by atoms with Crippen LogP contribution in [0.5, 0.6) is 0 Å². The Bertz CT molecular complexity index is 1280. The number of nitrogens with two attached hydrogens (primary N) is 1. The molecule has 4 aromatic rings. The number of H-pyrrole nitrogens is 1. The first kappa shape index (κ1) is 18.5. The molecule has 2 atom stereocenters. The molecular weight excluding hydrogens is 374 g/mol. The zero-order valence-corrected chi connectivity index (χ0v) is 16.8. The summed E-state index contributed by atoms with van der Waals surface area (Å²) >= 11 is 0. The summed E-state index contributed by atoms with van der Waals surface area (Å²) in [5.41, 5.74) is 11.5. The molecule has 1 fully saturated rings. The molecule has 150 valence electrons. The molecule has 0 aliphatic heterocycles. The van der Waals surface area contributed by atoms with Crippen molar-refractivity contribution in [1.82, 2.24) is 19.9 Å². The lowest BCUT2D eigenvalue weighted by Crippen LogP contribution is -2.42. The van der Waals surface area contributed by atoms with Crippen LogP contribution in [-0.4, -0.2) is 32.0 Å². The Hall–Kier alpha value is -3.50. The molecular formula is C23H23N7. The largest absolute Gasteiger partial charge is 0.361 e. The van der Waals surface area contributed by atoms with Gasteiger partial charge in [-0.05, 0) is 31.9 Å². The molecule has 7 nitrogen and oxygen atoms in total. The van der Waals surface area contributed by atoms with Gasteiger partial charge in [0.05, 0.1) is 17.1 Å². The number of rotatable bonds is 3. The summed E-state index contributed by atoms with van der Waals surface area (Å²) < 4.78 is 0. The smallest absolute Gasteiger partial charge is 0.223 e. The molecule has 0 spiro atoms. The highest BCUT2D eigenvalue weighted by atomic mass is 15.1. The lowest BCUT2D eigenvalue weighted by atomic mass is 9.91. The van der Waals surface area contributed by atoms with E-state index in [-0.39, 0.29) is 12.1 Å². The molecule has 3 aromatic heterocycles. The molecule has 30 heavy (non-hydrogen) atoms. The lowest BCUT2D eigenvalue weighted by Gasteiger charge is -2.29. The van der Waals surface area contributed by atoms with Crippen molar-refractivity contribution in [3.8, 4) is 17.2 Å². The van der Waals surface area contributed by atoms with Crippen molar-refractivity contribution < 1.29 is 0 Å². The molecule has 0 amide bonds. The molecule has 1 aliphatic rings. The van der Waals surface area contributed by atoms with Gasteiger partial charge in [0.1, 0.15) is 0 Å². The Morgan fingerprint density at radius 1 is 1.13 bits per heavy atom. The zero-order chi connectivity index (χ0) is 20.7. The molecule has 7 heteroatoms. The van der Waals surface area contributed by atoms with Gasteiger partial charge in [0.25, 0.3) is 0 Å². The van der Waals surface area contributed by atoms with E-state index in [1.54, 1.807) is 0 Å². The molecule has 1 saturated carbocycles. The summed E-state index contributed by atoms with van der Waals surface area (Å²) in [5, 5.41) is 14.6. The van der Waals surface area contributed by atoms with Crippen LogP contribution in [0.4, 0.5) is 5.95 Å². The van der Waals surface area contributed by atoms with Crippen LogP contribution in [0, 0.1) is 18.3 Å². The maximum atomic E-state index is 9.17. The van der Waals surface area contributed by atoms with Crippen molar-refractivity contribution >= 4 is 27.8 Å². The van der Waals surface area contributed by atoms with Crippen LogP contribution in [0.25, 0.3) is 32.9 Å². The monoisotopic (exact) mass is 397 g/mol. The van der Waals surface area contributed by atoms with E-state index in [0.29, 0.717) is 11.5 Å². The topological polar surface area (TPSA) is 116 Å². The summed E-state index contributed by atoms with van der Waals surface area (Å²) in [6.45, 7) is 1.97. The maximum absolute atomic E-state index is 9.17. The number of aryl methyl sites for hydroxylation is 1. The predicted molar refractivity (Wildman–Crippen MR) is 118 cm³/mol. The van der Waals surface area contributed by atoms with Gasteiger partial charge in [-0.25, -0.2) is 9.97 Å². The molecule has 1 aliphatic carbocycles. The minimum Gasteiger partial charge on any atom is -0.361 e. The zero-order valence-electron chi connectivity index (χ0n) is 16.8. The van der Waals surface area contributed by atoms with Crippen molar-refractivity contribution in [2.45, 2.75) is 44.7 Å². The van der Waals surface area contributed by atoms with Gasteiger partial charge in [-0.3, -0.25) is 4.98 Å². The number of hydrogen-bond donors (Lipinski definition) is 3. The predicted octanol–water partition coefficient (Wildman–Crippen LogP) is 4.04. The van der Waals surface area contributed by atoms with Gasteiger partial charge in [0.15, 0.2) is 0 Å². The van der Waals surface area contributed by atoms with E-state index in [9.17, 15) is 0 Å². The molecule has 4 N–H and O–H groups in total. The van der Waals surface area contributed by atoms with Crippen molar-refractivity contribution in [2.75, 3.05) is 5.32 Å². The van der Waals surface area contributed by atoms with Crippen LogP contribution in [0.15, 0.2) is 36.8 Å². The van der Waals surface area contributed by atoms with Gasteiger partial charge in [-0.15, -0.1) is 0 Å². The minimum atomic E-state index is 0.125. The summed E-state index contributed by atoms with van der Waals surface area (Å²) in [5.74, 6) is 0.600. The number of nitrogens with zero attached hydrogens (tertiary/aromatic N) is 4. The van der Waals surface area contributed by atoms with Crippen LogP contribution in [-0.2, 0) is 0 Å². The Balaban J connectivity index is 1.62. The van der Waals surface area contributed by atoms with E-state index in [2.05, 4.69) is 26.3 Å². The number of nitriles is 1. The van der Waals surface area contributed by atoms with E-state index in [4.69, 9.17) is 16.0 Å². The number of aromatic nitrogens is 4. The van der Waals surface area contributed by atoms with Gasteiger partial charge >= 0.3 is 0 Å². The first-order chi connectivity index (χ1) is 14.6. The van der Waals surface area contributed by atoms with Crippen molar-refractivity contribution in [3.05, 3.63) is 48.0 Å². The third-order valence-corrected chi connectivity index (χ3v) is 6.06. The van der Waals surface area contributed by atoms with Crippen molar-refractivity contribution in [1.29, 1.82) is 5.26 Å². The molecule has 3 heterocycles. The highest BCUT2D eigenvalue weighted by Crippen LogP contribution is 2.34. The van der Waals surface area contributed by atoms with E-state index in [0.717, 1.165) is 51.5 Å². The quantitative estimate of drug-likeness (QED) is 0.480. The molecule has 0 unspecified atom stereocenters. The number of hydrogen-bond acceptors (Lipinski definition) is 6. The number of fused-ring (bicyclic) bond motifs is 2. The number of pyridine rings is 1. The maximum Gasteiger partial charge on any atom is 0.223 e. The Kier molecular flexibility index (Phi) is 4.57. The molecule has 1 aromatic carbocycles. The fourth-order valence-electron chi connectivity index (χ4n) is 4.33. The Morgan fingerprint density at radius 3 is 2.83 bits per heavy atom. The average molecular weight is 397 g/mol. The van der Waals surface area contributed by atoms with Gasteiger partial charge in [0, 0.05) is 63.8 Å². The number of aromatic amines is 1. The normalized spacial score (nSPS) is 19.1. The number of benzene rings is 1. The molecule has 0 radical (unpaired) electrons. The second-order valence-electron chi connectivity index (χ2n) is 7.99. The summed E-state index contributed by atoms with van der Waals surface area (Å²) in [7, 11) is 0. The van der Waals surface area contributed by atoms with E-state index < -0.39 is 0 Å². The van der Waals surface area contributed by atoms with Gasteiger partial charge in [-0.2, -0.15) is 5.26 Å². The summed E-state index contributed by atoms with van der Waals surface area (Å²) in [6.07, 6.45) is 10.1. The minimum absolute atomic E-state index is 0.125. The molecule has 0 bridgehead atoms. The standard InChI is InChI=1S/C23H23N7/c1-13-16-10-28-23(29-20-5-3-2-4-19(20)25)30-22(16)18(12-26-13)17-11-27-21-8-14(9-24)6-7-15(17)21/h6-8,10-12,19-20,27H,2-5,25H2,1H3,(H,28,29,30)/t19-,20+/m0/s1. The first-order valence-electron chi connectivity index (χ1n) is 10.3. The highest BCUT2D eigenvalue weighted by molar-refractivity contribution is 6.04. The van der Waals surface area contributed by atoms with Gasteiger partial charge in [0.2, 0.25) is 5.95 Å². The van der Waals surface area contributed by atoms with E-state index in [1.165, 1.54) is 12.8 Å². The first-order valence-corrected chi connectivity index (χ1v) is 10.3. The van der Waals surface area contributed by atoms with Gasteiger partial charge < -0.3 is 16.0 Å². The third-order valence-electron chi connectivity index (χ3n) is 6.06. The van der Waals surface area contributed by atoms with Crippen molar-refractivity contribution in [2.24, 2.45) is 5.73 Å². The summed E-state index contributed by atoms with van der Waals surface area (Å²) in [6, 6.07) is 8.15. The summed E-state index contributed by atoms with van der Waals surface area (Å²) in [4.78, 5) is 17.3. The van der Waals surface area contributed by atoms with Crippen LogP contribution in [0.1, 0.15) is 36.9 Å². The second-order valence-corrected chi connectivity index (χ2v) is 7.99. The Labute approximate surface area is 174 Å². The molecule has 0 saturated heterocycles. The van der Waals surface area contributed by atoms with Crippen molar-refractivity contribution in [3.63, 3.8) is 0 Å². The van der Waals surface area contributed by atoms with E-state index in [1.807, 2.05) is 43.7 Å². The second kappa shape index (κ2) is 7.39. The Morgan fingerprint density at radius 2 is 2.00 bits per heavy atom. The number of anilines is 1. The van der Waals surface area contributed by atoms with Crippen LogP contribution in [0.2, 0.25) is 0 Å². The van der Waals surface area contributed by atoms with E-state index >= 15 is 0 Å². The average Bonchev–Trinajstić information content (AvgIpc) is 3.18. The fourth-order valence-corrected chi connectivity index (χ4v) is 4.33. The lowest BCUT2D eigenvalue weighted by molar-refractivity contribution is 0.402. The SMILES string of the molecule is Cc1ncc(-c2c[nH]c3cc(C#N)ccc23)c2nc(N[C@@H]3CCCC[C@@H]3N)ncc12. The van der Waals surface area contributed by atoms with Crippen LogP contribution >= 0.6 is 0 Å². The third kappa shape index (κ3) is 3.15. The molecule has 5 rings (SSSR count). The van der Waals surface area contributed by atoms with Crippen LogP contribution in [0.3, 0.4) is 0 Å². The van der Waals surface area contributed by atoms with Crippen LogP contribution < -0.4 is 11.1 Å². The highest BCUT2D eigenvalue weighted by Gasteiger charge is 2.23.